The van der Waals surface area contributed by atoms with E-state index in [-0.39, 0.29) is 18.2 Å². The molecular weight excluding hydrogens is 304 g/mol. The van der Waals surface area contributed by atoms with Crippen molar-refractivity contribution in [1.29, 1.82) is 0 Å². The highest BCUT2D eigenvalue weighted by molar-refractivity contribution is 6.29. The number of hydrogen-bond acceptors (Lipinski definition) is 6. The van der Waals surface area contributed by atoms with Crippen molar-refractivity contribution in [1.82, 2.24) is 0 Å². The van der Waals surface area contributed by atoms with Gasteiger partial charge in [-0.2, -0.15) is 0 Å². The molecule has 8 heteroatoms. The fraction of sp³-hybridized carbons (Fsp3) is 0.133. The minimum Gasteiger partial charge on any atom is -0.461 e. The van der Waals surface area contributed by atoms with Gasteiger partial charge in [-0.1, -0.05) is 0 Å². The fourth-order valence-corrected chi connectivity index (χ4v) is 2.79. The number of imide groups is 1. The molecule has 2 aromatic rings. The van der Waals surface area contributed by atoms with Crippen molar-refractivity contribution in [2.45, 2.75) is 5.92 Å². The second kappa shape index (κ2) is 4.60. The van der Waals surface area contributed by atoms with E-state index in [2.05, 4.69) is 0 Å². The number of anilines is 1. The summed E-state index contributed by atoms with van der Waals surface area (Å²) in [6.45, 7) is 0.0273. The van der Waals surface area contributed by atoms with E-state index in [0.717, 1.165) is 4.90 Å². The third kappa shape index (κ3) is 1.81. The number of nitrogens with two attached hydrogens (primary N) is 1. The van der Waals surface area contributed by atoms with Gasteiger partial charge in [0.25, 0.3) is 5.91 Å². The molecule has 3 amide bonds. The van der Waals surface area contributed by atoms with Crippen LogP contribution in [0.3, 0.4) is 0 Å². The molecule has 0 bridgehead atoms. The summed E-state index contributed by atoms with van der Waals surface area (Å²) in [4.78, 5) is 37.6. The average Bonchev–Trinajstić information content (AvgIpc) is 3.22. The molecule has 1 atom stereocenters. The molecule has 1 aromatic heterocycles. The molecule has 1 aromatic carbocycles. The van der Waals surface area contributed by atoms with Gasteiger partial charge in [0, 0.05) is 11.6 Å². The van der Waals surface area contributed by atoms with Gasteiger partial charge in [-0.05, 0) is 18.2 Å². The van der Waals surface area contributed by atoms with Crippen molar-refractivity contribution in [2.75, 3.05) is 11.7 Å². The zero-order chi connectivity index (χ0) is 16.1. The number of fused-ring (bicyclic) bond motifs is 2. The number of hydrogen-bond donors (Lipinski definition) is 1. The Morgan fingerprint density at radius 3 is 2.61 bits per heavy atom. The van der Waals surface area contributed by atoms with Crippen LogP contribution in [0.5, 0.6) is 11.5 Å². The van der Waals surface area contributed by atoms with Crippen LogP contribution in [0.4, 0.5) is 10.5 Å². The predicted molar refractivity (Wildman–Crippen MR) is 75.4 cm³/mol. The van der Waals surface area contributed by atoms with E-state index in [1.807, 2.05) is 0 Å². The summed E-state index contributed by atoms with van der Waals surface area (Å²) in [6.07, 6.45) is 1.33. The Labute approximate surface area is 129 Å². The van der Waals surface area contributed by atoms with Crippen molar-refractivity contribution in [3.05, 3.63) is 41.9 Å². The summed E-state index contributed by atoms with van der Waals surface area (Å²) in [6, 6.07) is 5.01. The molecular formula is C15H10N2O6. The van der Waals surface area contributed by atoms with E-state index in [4.69, 9.17) is 19.6 Å². The van der Waals surface area contributed by atoms with E-state index in [1.165, 1.54) is 24.5 Å². The third-order valence-corrected chi connectivity index (χ3v) is 3.79. The van der Waals surface area contributed by atoms with Gasteiger partial charge < -0.3 is 19.6 Å². The lowest BCUT2D eigenvalue weighted by Crippen LogP contribution is -2.40. The number of carbonyl (C=O) groups is 3. The zero-order valence-corrected chi connectivity index (χ0v) is 11.6. The fourth-order valence-electron chi connectivity index (χ4n) is 2.79. The first-order valence-electron chi connectivity index (χ1n) is 6.72. The predicted octanol–water partition coefficient (Wildman–Crippen LogP) is 1.40. The Bertz CT molecular complexity index is 842. The minimum atomic E-state index is -1.21. The standard InChI is InChI=1S/C15H10N2O6/c16-15(20)17-8-5-11-10(22-6-23-11)4-7(8)12(14(17)19)13(18)9-2-1-3-21-9/h1-5,12H,6H2,(H2,16,20). The summed E-state index contributed by atoms with van der Waals surface area (Å²) in [5, 5.41) is 0. The highest BCUT2D eigenvalue weighted by Gasteiger charge is 2.46. The van der Waals surface area contributed by atoms with E-state index >= 15 is 0 Å². The summed E-state index contributed by atoms with van der Waals surface area (Å²) in [5.41, 5.74) is 5.84. The molecule has 0 aliphatic carbocycles. The number of nitrogens with zero attached hydrogens (tertiary/aromatic N) is 1. The van der Waals surface area contributed by atoms with Crippen molar-refractivity contribution < 1.29 is 28.3 Å². The first kappa shape index (κ1) is 13.4. The molecule has 0 saturated heterocycles. The van der Waals surface area contributed by atoms with Gasteiger partial charge in [-0.25, -0.2) is 9.69 Å². The number of ketones is 1. The lowest BCUT2D eigenvalue weighted by molar-refractivity contribution is -0.117. The van der Waals surface area contributed by atoms with Crippen LogP contribution < -0.4 is 20.1 Å². The number of primary amides is 1. The number of amides is 3. The molecule has 116 valence electrons. The van der Waals surface area contributed by atoms with Gasteiger partial charge in [0.05, 0.1) is 12.0 Å². The average molecular weight is 314 g/mol. The van der Waals surface area contributed by atoms with Gasteiger partial charge in [-0.15, -0.1) is 0 Å². The Kier molecular flexibility index (Phi) is 2.68. The van der Waals surface area contributed by atoms with Crippen LogP contribution in [0.2, 0.25) is 0 Å². The number of rotatable bonds is 2. The lowest BCUT2D eigenvalue weighted by atomic mass is 9.94. The first-order valence-corrected chi connectivity index (χ1v) is 6.72. The Morgan fingerprint density at radius 2 is 1.96 bits per heavy atom. The highest BCUT2D eigenvalue weighted by Crippen LogP contribution is 2.46. The van der Waals surface area contributed by atoms with Crippen LogP contribution in [0.25, 0.3) is 0 Å². The Morgan fingerprint density at radius 1 is 1.22 bits per heavy atom. The van der Waals surface area contributed by atoms with E-state index in [9.17, 15) is 14.4 Å². The molecule has 2 aliphatic heterocycles. The largest absolute Gasteiger partial charge is 0.461 e. The number of ether oxygens (including phenoxy) is 2. The maximum Gasteiger partial charge on any atom is 0.326 e. The maximum atomic E-state index is 12.6. The summed E-state index contributed by atoms with van der Waals surface area (Å²) < 4.78 is 15.6. The SMILES string of the molecule is NC(=O)N1C(=O)C(C(=O)c2ccco2)c2cc3c(cc21)OCO3. The molecule has 2 N–H and O–H groups in total. The lowest BCUT2D eigenvalue weighted by Gasteiger charge is -2.12. The van der Waals surface area contributed by atoms with Gasteiger partial charge >= 0.3 is 6.03 Å². The normalized spacial score (nSPS) is 18.2. The van der Waals surface area contributed by atoms with Crippen molar-refractivity contribution in [2.24, 2.45) is 5.73 Å². The van der Waals surface area contributed by atoms with Gasteiger partial charge in [0.2, 0.25) is 12.6 Å². The maximum absolute atomic E-state index is 12.6. The quantitative estimate of drug-likeness (QED) is 0.662. The van der Waals surface area contributed by atoms with Gasteiger partial charge in [0.1, 0.15) is 5.92 Å². The second-order valence-electron chi connectivity index (χ2n) is 5.05. The van der Waals surface area contributed by atoms with Crippen LogP contribution >= 0.6 is 0 Å². The van der Waals surface area contributed by atoms with Crippen LogP contribution in [0.1, 0.15) is 22.0 Å². The first-order chi connectivity index (χ1) is 11.1. The molecule has 23 heavy (non-hydrogen) atoms. The van der Waals surface area contributed by atoms with E-state index < -0.39 is 23.6 Å². The summed E-state index contributed by atoms with van der Waals surface area (Å²) in [5.74, 6) is -1.67. The number of carbonyl (C=O) groups excluding carboxylic acids is 3. The molecule has 3 heterocycles. The molecule has 1 unspecified atom stereocenters. The van der Waals surface area contributed by atoms with Crippen LogP contribution in [-0.4, -0.2) is 24.5 Å². The van der Waals surface area contributed by atoms with E-state index in [0.29, 0.717) is 17.1 Å². The van der Waals surface area contributed by atoms with Crippen molar-refractivity contribution >= 4 is 23.4 Å². The van der Waals surface area contributed by atoms with Gasteiger partial charge in [-0.3, -0.25) is 9.59 Å². The highest BCUT2D eigenvalue weighted by atomic mass is 16.7. The molecule has 8 nitrogen and oxygen atoms in total. The molecule has 0 saturated carbocycles. The van der Waals surface area contributed by atoms with Crippen LogP contribution in [0, 0.1) is 0 Å². The zero-order valence-electron chi connectivity index (χ0n) is 11.6. The van der Waals surface area contributed by atoms with Crippen molar-refractivity contribution in [3.63, 3.8) is 0 Å². The Hall–Kier alpha value is -3.29. The topological polar surface area (TPSA) is 112 Å². The summed E-state index contributed by atoms with van der Waals surface area (Å²) in [7, 11) is 0. The molecule has 0 fully saturated rings. The monoisotopic (exact) mass is 314 g/mol. The van der Waals surface area contributed by atoms with Gasteiger partial charge in [0.15, 0.2) is 17.3 Å². The number of urea groups is 1. The van der Waals surface area contributed by atoms with Crippen molar-refractivity contribution in [3.8, 4) is 11.5 Å². The number of furan rings is 1. The van der Waals surface area contributed by atoms with Crippen LogP contribution in [-0.2, 0) is 4.79 Å². The second-order valence-corrected chi connectivity index (χ2v) is 5.05. The Balaban J connectivity index is 1.88. The van der Waals surface area contributed by atoms with E-state index in [1.54, 1.807) is 6.07 Å². The molecule has 0 spiro atoms. The molecule has 4 rings (SSSR count). The minimum absolute atomic E-state index is 0.0262. The summed E-state index contributed by atoms with van der Waals surface area (Å²) >= 11 is 0. The van der Waals surface area contributed by atoms with Crippen LogP contribution in [0.15, 0.2) is 34.9 Å². The molecule has 0 radical (unpaired) electrons. The number of benzene rings is 1. The molecule has 2 aliphatic rings. The number of Topliss-reactive ketones (excluding diaryl/α,β-unsaturated/α-hetero) is 1. The smallest absolute Gasteiger partial charge is 0.326 e. The third-order valence-electron chi connectivity index (χ3n) is 3.79.